The van der Waals surface area contributed by atoms with Crippen molar-refractivity contribution in [1.29, 1.82) is 0 Å². The van der Waals surface area contributed by atoms with E-state index in [2.05, 4.69) is 20.8 Å². The van der Waals surface area contributed by atoms with Gasteiger partial charge in [0.25, 0.3) is 0 Å². The fraction of sp³-hybridized carbons (Fsp3) is 0.936. The lowest BCUT2D eigenvalue weighted by Crippen LogP contribution is -2.29. The van der Waals surface area contributed by atoms with E-state index in [1.807, 2.05) is 0 Å². The second-order valence-corrected chi connectivity index (χ2v) is 16.3. The number of aliphatic hydroxyl groups excluding tert-OH is 3. The Morgan fingerprint density at radius 3 is 0.554 bits per heavy atom. The molecule has 0 amide bonds. The predicted molar refractivity (Wildman–Crippen MR) is 236 cm³/mol. The Morgan fingerprint density at radius 2 is 0.446 bits per heavy atom. The van der Waals surface area contributed by atoms with Crippen molar-refractivity contribution >= 4 is 17.9 Å². The Balaban J connectivity index is -0.000000330. The van der Waals surface area contributed by atoms with E-state index < -0.39 is 23.3 Å². The van der Waals surface area contributed by atoms with Crippen LogP contribution in [0.1, 0.15) is 259 Å². The summed E-state index contributed by atoms with van der Waals surface area (Å²) in [5.74, 6) is -1.97. The van der Waals surface area contributed by atoms with Crippen molar-refractivity contribution in [3.63, 3.8) is 0 Å². The second kappa shape index (κ2) is 53.3. The minimum Gasteiger partial charge on any atom is -0.481 e. The molecule has 56 heavy (non-hydrogen) atoms. The molecule has 0 aliphatic rings. The maximum atomic E-state index is 10.3. The van der Waals surface area contributed by atoms with Gasteiger partial charge in [-0.2, -0.15) is 0 Å². The van der Waals surface area contributed by atoms with Gasteiger partial charge in [-0.15, -0.1) is 0 Å². The third kappa shape index (κ3) is 64.2. The van der Waals surface area contributed by atoms with E-state index in [1.54, 1.807) is 6.92 Å². The van der Waals surface area contributed by atoms with Crippen LogP contribution in [0.5, 0.6) is 0 Å². The number of aliphatic hydroxyl groups is 3. The molecular weight excluding hydrogens is 709 g/mol. The first kappa shape index (κ1) is 61.0. The summed E-state index contributed by atoms with van der Waals surface area (Å²) in [6.45, 7) is 7.80. The monoisotopic (exact) mass is 805 g/mol. The smallest absolute Gasteiger partial charge is 0.303 e. The van der Waals surface area contributed by atoms with Crippen LogP contribution >= 0.6 is 0 Å². The summed E-state index contributed by atoms with van der Waals surface area (Å²) in [6.07, 6.45) is 43.1. The van der Waals surface area contributed by atoms with Crippen molar-refractivity contribution in [2.24, 2.45) is 5.41 Å². The summed E-state index contributed by atoms with van der Waals surface area (Å²) < 4.78 is 0. The first-order valence-corrected chi connectivity index (χ1v) is 23.5. The van der Waals surface area contributed by atoms with Crippen molar-refractivity contribution < 1.29 is 45.0 Å². The molecule has 9 heteroatoms. The number of carbonyl (C=O) groups is 3. The van der Waals surface area contributed by atoms with Crippen molar-refractivity contribution in [1.82, 2.24) is 0 Å². The first-order valence-electron chi connectivity index (χ1n) is 23.5. The van der Waals surface area contributed by atoms with Gasteiger partial charge in [-0.25, -0.2) is 0 Å². The largest absolute Gasteiger partial charge is 0.481 e. The zero-order chi connectivity index (χ0) is 42.8. The van der Waals surface area contributed by atoms with Gasteiger partial charge in [0.1, 0.15) is 0 Å². The molecule has 0 aliphatic carbocycles. The molecule has 338 valence electrons. The Labute approximate surface area is 346 Å². The fourth-order valence-electron chi connectivity index (χ4n) is 5.97. The number of hydrogen-bond donors (Lipinski definition) is 6. The Hall–Kier alpha value is -1.71. The summed E-state index contributed by atoms with van der Waals surface area (Å²) in [5.41, 5.74) is -0.708. The minimum absolute atomic E-state index is 0.181. The summed E-state index contributed by atoms with van der Waals surface area (Å²) in [6, 6.07) is 0. The van der Waals surface area contributed by atoms with Gasteiger partial charge < -0.3 is 30.6 Å². The lowest BCUT2D eigenvalue weighted by molar-refractivity contribution is -0.138. The van der Waals surface area contributed by atoms with Crippen molar-refractivity contribution in [3.8, 4) is 0 Å². The quantitative estimate of drug-likeness (QED) is 0.0331. The molecule has 0 aliphatic heterocycles. The molecule has 0 unspecified atom stereocenters. The number of unbranched alkanes of at least 4 members (excludes halogenated alkanes) is 30. The van der Waals surface area contributed by atoms with E-state index in [0.717, 1.165) is 38.5 Å². The Kier molecular flexibility index (Phi) is 58.0. The van der Waals surface area contributed by atoms with Crippen LogP contribution in [0.25, 0.3) is 0 Å². The number of rotatable bonds is 39. The van der Waals surface area contributed by atoms with Crippen LogP contribution in [0.4, 0.5) is 0 Å². The Morgan fingerprint density at radius 1 is 0.304 bits per heavy atom. The van der Waals surface area contributed by atoms with Gasteiger partial charge in [0.05, 0.1) is 19.8 Å². The van der Waals surface area contributed by atoms with E-state index in [9.17, 15) is 14.4 Å². The van der Waals surface area contributed by atoms with Gasteiger partial charge in [0.15, 0.2) is 0 Å². The standard InChI is InChI=1S/3C14H28O2.C5H12O3/c3*1-2-3-4-5-6-7-8-9-10-11-12-13-14(15)16;1-5(2-6,3-7)4-8/h3*2-13H2,1H3,(H,15,16);6-8H,2-4H2,1H3. The summed E-state index contributed by atoms with van der Waals surface area (Å²) in [4.78, 5) is 30.8. The van der Waals surface area contributed by atoms with Crippen molar-refractivity contribution in [2.75, 3.05) is 19.8 Å². The molecule has 0 fully saturated rings. The molecule has 6 N–H and O–H groups in total. The highest BCUT2D eigenvalue weighted by molar-refractivity contribution is 5.67. The van der Waals surface area contributed by atoms with E-state index in [1.165, 1.54) is 173 Å². The van der Waals surface area contributed by atoms with Crippen LogP contribution in [0, 0.1) is 5.41 Å². The molecule has 0 saturated heterocycles. The van der Waals surface area contributed by atoms with E-state index in [0.29, 0.717) is 19.3 Å². The van der Waals surface area contributed by atoms with Crippen LogP contribution in [0.2, 0.25) is 0 Å². The van der Waals surface area contributed by atoms with E-state index >= 15 is 0 Å². The molecule has 0 saturated carbocycles. The van der Waals surface area contributed by atoms with Crippen LogP contribution in [-0.4, -0.2) is 68.4 Å². The average molecular weight is 805 g/mol. The summed E-state index contributed by atoms with van der Waals surface area (Å²) in [7, 11) is 0. The zero-order valence-electron chi connectivity index (χ0n) is 37.5. The summed E-state index contributed by atoms with van der Waals surface area (Å²) >= 11 is 0. The average Bonchev–Trinajstić information content (AvgIpc) is 3.18. The summed E-state index contributed by atoms with van der Waals surface area (Å²) in [5, 5.41) is 50.8. The van der Waals surface area contributed by atoms with Gasteiger partial charge >= 0.3 is 17.9 Å². The lowest BCUT2D eigenvalue weighted by Gasteiger charge is -2.20. The molecule has 0 aromatic carbocycles. The lowest BCUT2D eigenvalue weighted by atomic mass is 9.95. The molecule has 0 aromatic heterocycles. The maximum absolute atomic E-state index is 10.3. The van der Waals surface area contributed by atoms with Gasteiger partial charge in [-0.3, -0.25) is 14.4 Å². The second-order valence-electron chi connectivity index (χ2n) is 16.3. The van der Waals surface area contributed by atoms with Crippen LogP contribution < -0.4 is 0 Å². The number of carboxylic acid groups (broad SMARTS) is 3. The van der Waals surface area contributed by atoms with E-state index in [-0.39, 0.29) is 19.8 Å². The normalized spacial score (nSPS) is 10.8. The SMILES string of the molecule is CC(CO)(CO)CO.CCCCCCCCCCCCCC(=O)O.CCCCCCCCCCCCCC(=O)O.CCCCCCCCCCCCCC(=O)O. The molecule has 0 aromatic rings. The molecule has 0 rings (SSSR count). The van der Waals surface area contributed by atoms with Crippen LogP contribution in [-0.2, 0) is 14.4 Å². The molecular formula is C47H96O9. The van der Waals surface area contributed by atoms with Gasteiger partial charge in [0, 0.05) is 24.7 Å². The third-order valence-corrected chi connectivity index (χ3v) is 10.1. The Bertz CT molecular complexity index is 677. The molecule has 0 atom stereocenters. The highest BCUT2D eigenvalue weighted by Gasteiger charge is 2.20. The molecule has 0 spiro atoms. The highest BCUT2D eigenvalue weighted by Crippen LogP contribution is 2.14. The molecule has 0 heterocycles. The van der Waals surface area contributed by atoms with Crippen molar-refractivity contribution in [3.05, 3.63) is 0 Å². The molecule has 0 radical (unpaired) electrons. The van der Waals surface area contributed by atoms with Gasteiger partial charge in [-0.1, -0.05) is 220 Å². The minimum atomic E-state index is -0.708. The maximum Gasteiger partial charge on any atom is 0.303 e. The number of hydrogen-bond acceptors (Lipinski definition) is 6. The number of aliphatic carboxylic acids is 3. The van der Waals surface area contributed by atoms with Crippen LogP contribution in [0.3, 0.4) is 0 Å². The van der Waals surface area contributed by atoms with Crippen molar-refractivity contribution in [2.45, 2.75) is 259 Å². The van der Waals surface area contributed by atoms with Gasteiger partial charge in [0.2, 0.25) is 0 Å². The van der Waals surface area contributed by atoms with E-state index in [4.69, 9.17) is 30.6 Å². The predicted octanol–water partition coefficient (Wildman–Crippen LogP) is 13.3. The first-order chi connectivity index (χ1) is 27.0. The third-order valence-electron chi connectivity index (χ3n) is 10.1. The highest BCUT2D eigenvalue weighted by atomic mass is 16.4. The van der Waals surface area contributed by atoms with Crippen LogP contribution in [0.15, 0.2) is 0 Å². The molecule has 0 bridgehead atoms. The topological polar surface area (TPSA) is 173 Å². The van der Waals surface area contributed by atoms with Gasteiger partial charge in [-0.05, 0) is 19.3 Å². The zero-order valence-corrected chi connectivity index (χ0v) is 37.5. The fourth-order valence-corrected chi connectivity index (χ4v) is 5.97. The number of carboxylic acids is 3. The molecule has 9 nitrogen and oxygen atoms in total.